The van der Waals surface area contributed by atoms with Crippen molar-refractivity contribution in [3.8, 4) is 0 Å². The minimum Gasteiger partial charge on any atom is -0.390 e. The summed E-state index contributed by atoms with van der Waals surface area (Å²) in [5, 5.41) is 21.7. The minimum atomic E-state index is -0.952. The van der Waals surface area contributed by atoms with Crippen LogP contribution in [0.15, 0.2) is 36.7 Å². The highest BCUT2D eigenvalue weighted by Gasteiger charge is 2.19. The molecule has 2 N–H and O–H groups in total. The Labute approximate surface area is 105 Å². The van der Waals surface area contributed by atoms with Gasteiger partial charge < -0.3 is 10.2 Å². The summed E-state index contributed by atoms with van der Waals surface area (Å²) >= 11 is 5.56. The molecule has 0 radical (unpaired) electrons. The number of hydrogen-bond acceptors (Lipinski definition) is 3. The van der Waals surface area contributed by atoms with Crippen molar-refractivity contribution in [2.75, 3.05) is 5.88 Å². The van der Waals surface area contributed by atoms with Gasteiger partial charge in [0.2, 0.25) is 0 Å². The third kappa shape index (κ3) is 2.57. The standard InChI is InChI=1S/C13H14ClNO2/c14-6-5-12(16)13(17)11-8-15-7-9-3-1-2-4-10(9)11/h1-4,7-8,12-13,16-17H,5-6H2. The molecule has 0 saturated carbocycles. The fourth-order valence-electron chi connectivity index (χ4n) is 1.85. The summed E-state index contributed by atoms with van der Waals surface area (Å²) in [6.45, 7) is 0. The molecule has 0 aliphatic heterocycles. The van der Waals surface area contributed by atoms with Crippen LogP contribution in [0.3, 0.4) is 0 Å². The second-order valence-corrected chi connectivity index (χ2v) is 4.32. The lowest BCUT2D eigenvalue weighted by Crippen LogP contribution is -2.19. The summed E-state index contributed by atoms with van der Waals surface area (Å²) < 4.78 is 0. The molecule has 2 aromatic rings. The van der Waals surface area contributed by atoms with Crippen molar-refractivity contribution in [2.24, 2.45) is 0 Å². The predicted molar refractivity (Wildman–Crippen MR) is 68.0 cm³/mol. The Balaban J connectivity index is 2.41. The van der Waals surface area contributed by atoms with E-state index in [9.17, 15) is 10.2 Å². The summed E-state index contributed by atoms with van der Waals surface area (Å²) in [7, 11) is 0. The zero-order valence-electron chi connectivity index (χ0n) is 9.25. The van der Waals surface area contributed by atoms with Crippen molar-refractivity contribution >= 4 is 22.4 Å². The van der Waals surface area contributed by atoms with Crippen LogP contribution in [-0.2, 0) is 0 Å². The van der Waals surface area contributed by atoms with Crippen molar-refractivity contribution in [3.63, 3.8) is 0 Å². The number of aromatic nitrogens is 1. The lowest BCUT2D eigenvalue weighted by atomic mass is 9.99. The Bertz CT molecular complexity index is 498. The number of alkyl halides is 1. The van der Waals surface area contributed by atoms with Gasteiger partial charge >= 0.3 is 0 Å². The highest BCUT2D eigenvalue weighted by molar-refractivity contribution is 6.17. The van der Waals surface area contributed by atoms with Crippen LogP contribution < -0.4 is 0 Å². The predicted octanol–water partition coefficient (Wildman–Crippen LogP) is 2.26. The summed E-state index contributed by atoms with van der Waals surface area (Å²) in [5.41, 5.74) is 0.640. The molecule has 17 heavy (non-hydrogen) atoms. The van der Waals surface area contributed by atoms with E-state index < -0.39 is 12.2 Å². The molecule has 1 aromatic heterocycles. The van der Waals surface area contributed by atoms with E-state index in [2.05, 4.69) is 4.98 Å². The molecule has 1 aromatic carbocycles. The molecule has 4 heteroatoms. The van der Waals surface area contributed by atoms with Gasteiger partial charge in [-0.1, -0.05) is 24.3 Å². The average Bonchev–Trinajstić information content (AvgIpc) is 2.37. The van der Waals surface area contributed by atoms with Crippen LogP contribution in [0.4, 0.5) is 0 Å². The largest absolute Gasteiger partial charge is 0.390 e. The Morgan fingerprint density at radius 1 is 1.18 bits per heavy atom. The van der Waals surface area contributed by atoms with Crippen molar-refractivity contribution in [1.29, 1.82) is 0 Å². The van der Waals surface area contributed by atoms with Gasteiger partial charge in [-0.2, -0.15) is 0 Å². The monoisotopic (exact) mass is 251 g/mol. The van der Waals surface area contributed by atoms with E-state index in [0.29, 0.717) is 17.9 Å². The molecule has 0 aliphatic carbocycles. The third-order valence-corrected chi connectivity index (χ3v) is 3.01. The molecular weight excluding hydrogens is 238 g/mol. The number of aliphatic hydroxyl groups is 2. The molecule has 0 fully saturated rings. The molecule has 0 bridgehead atoms. The van der Waals surface area contributed by atoms with Crippen LogP contribution in [0.1, 0.15) is 18.1 Å². The number of benzene rings is 1. The maximum atomic E-state index is 10.1. The SMILES string of the molecule is OC(CCCl)C(O)c1cncc2ccccc12. The number of nitrogens with zero attached hydrogens (tertiary/aromatic N) is 1. The first-order chi connectivity index (χ1) is 8.24. The Kier molecular flexibility index (Phi) is 3.94. The van der Waals surface area contributed by atoms with E-state index in [1.165, 1.54) is 0 Å². The van der Waals surface area contributed by atoms with Crippen LogP contribution in [0.5, 0.6) is 0 Å². The molecule has 0 spiro atoms. The molecular formula is C13H14ClNO2. The first kappa shape index (κ1) is 12.3. The number of hydrogen-bond donors (Lipinski definition) is 2. The van der Waals surface area contributed by atoms with E-state index in [0.717, 1.165) is 10.8 Å². The fraction of sp³-hybridized carbons (Fsp3) is 0.308. The van der Waals surface area contributed by atoms with Gasteiger partial charge in [0, 0.05) is 29.2 Å². The molecule has 2 atom stereocenters. The average molecular weight is 252 g/mol. The Hall–Kier alpha value is -1.16. The molecule has 3 nitrogen and oxygen atoms in total. The van der Waals surface area contributed by atoms with Gasteiger partial charge in [0.05, 0.1) is 6.10 Å². The highest BCUT2D eigenvalue weighted by atomic mass is 35.5. The van der Waals surface area contributed by atoms with Crippen LogP contribution >= 0.6 is 11.6 Å². The zero-order chi connectivity index (χ0) is 12.3. The second kappa shape index (κ2) is 5.45. The molecule has 90 valence electrons. The van der Waals surface area contributed by atoms with Gasteiger partial charge in [0.15, 0.2) is 0 Å². The van der Waals surface area contributed by atoms with E-state index in [1.807, 2.05) is 24.3 Å². The summed E-state index contributed by atoms with van der Waals surface area (Å²) in [4.78, 5) is 4.07. The normalized spacial score (nSPS) is 14.8. The highest BCUT2D eigenvalue weighted by Crippen LogP contribution is 2.26. The lowest BCUT2D eigenvalue weighted by molar-refractivity contribution is 0.0177. The topological polar surface area (TPSA) is 53.4 Å². The van der Waals surface area contributed by atoms with Gasteiger partial charge in [-0.05, 0) is 11.8 Å². The van der Waals surface area contributed by atoms with Crippen molar-refractivity contribution in [1.82, 2.24) is 4.98 Å². The van der Waals surface area contributed by atoms with Crippen LogP contribution in [0, 0.1) is 0 Å². The van der Waals surface area contributed by atoms with E-state index in [4.69, 9.17) is 11.6 Å². The fourth-order valence-corrected chi connectivity index (χ4v) is 2.08. The van der Waals surface area contributed by atoms with Crippen LogP contribution in [0.25, 0.3) is 10.8 Å². The number of halogens is 1. The quantitative estimate of drug-likeness (QED) is 0.820. The van der Waals surface area contributed by atoms with E-state index in [-0.39, 0.29) is 0 Å². The van der Waals surface area contributed by atoms with Crippen LogP contribution in [0.2, 0.25) is 0 Å². The number of rotatable bonds is 4. The lowest BCUT2D eigenvalue weighted by Gasteiger charge is -2.18. The van der Waals surface area contributed by atoms with Gasteiger partial charge in [0.25, 0.3) is 0 Å². The first-order valence-corrected chi connectivity index (χ1v) is 6.02. The summed E-state index contributed by atoms with van der Waals surface area (Å²) in [6, 6.07) is 7.64. The van der Waals surface area contributed by atoms with E-state index >= 15 is 0 Å². The molecule has 0 amide bonds. The third-order valence-electron chi connectivity index (χ3n) is 2.79. The summed E-state index contributed by atoms with van der Waals surface area (Å²) in [6.07, 6.45) is 1.86. The maximum Gasteiger partial charge on any atom is 0.107 e. The maximum absolute atomic E-state index is 10.1. The van der Waals surface area contributed by atoms with Gasteiger partial charge in [0.1, 0.15) is 6.10 Å². The Morgan fingerprint density at radius 2 is 1.94 bits per heavy atom. The second-order valence-electron chi connectivity index (χ2n) is 3.94. The molecule has 1 heterocycles. The van der Waals surface area contributed by atoms with Gasteiger partial charge in [-0.15, -0.1) is 11.6 Å². The first-order valence-electron chi connectivity index (χ1n) is 5.49. The smallest absolute Gasteiger partial charge is 0.107 e. The van der Waals surface area contributed by atoms with E-state index in [1.54, 1.807) is 12.4 Å². The number of aliphatic hydroxyl groups excluding tert-OH is 2. The van der Waals surface area contributed by atoms with Crippen LogP contribution in [-0.4, -0.2) is 27.2 Å². The Morgan fingerprint density at radius 3 is 2.71 bits per heavy atom. The minimum absolute atomic E-state index is 0.316. The van der Waals surface area contributed by atoms with Crippen molar-refractivity contribution in [2.45, 2.75) is 18.6 Å². The molecule has 2 unspecified atom stereocenters. The molecule has 0 saturated heterocycles. The summed E-state index contributed by atoms with van der Waals surface area (Å²) in [5.74, 6) is 0.316. The molecule has 0 aliphatic rings. The molecule has 2 rings (SSSR count). The number of pyridine rings is 1. The van der Waals surface area contributed by atoms with Gasteiger partial charge in [-0.25, -0.2) is 0 Å². The zero-order valence-corrected chi connectivity index (χ0v) is 10.0. The van der Waals surface area contributed by atoms with Crippen molar-refractivity contribution < 1.29 is 10.2 Å². The van der Waals surface area contributed by atoms with Gasteiger partial charge in [-0.3, -0.25) is 4.98 Å². The number of fused-ring (bicyclic) bond motifs is 1. The van der Waals surface area contributed by atoms with Crippen molar-refractivity contribution in [3.05, 3.63) is 42.2 Å².